The van der Waals surface area contributed by atoms with Crippen molar-refractivity contribution in [2.45, 2.75) is 4.90 Å². The van der Waals surface area contributed by atoms with E-state index in [1.54, 1.807) is 42.8 Å². The van der Waals surface area contributed by atoms with Crippen LogP contribution in [0.2, 0.25) is 10.0 Å². The van der Waals surface area contributed by atoms with Crippen molar-refractivity contribution >= 4 is 34.4 Å². The lowest BCUT2D eigenvalue weighted by Gasteiger charge is -2.09. The van der Waals surface area contributed by atoms with Crippen LogP contribution in [0, 0.1) is 5.82 Å². The summed E-state index contributed by atoms with van der Waals surface area (Å²) in [5.74, 6) is 0.302. The Balaban J connectivity index is 1.66. The lowest BCUT2D eigenvalue weighted by Crippen LogP contribution is -1.96. The Morgan fingerprint density at radius 2 is 1.51 bits per heavy atom. The van der Waals surface area contributed by atoms with E-state index in [0.29, 0.717) is 32.8 Å². The van der Waals surface area contributed by atoms with Crippen molar-refractivity contribution in [3.05, 3.63) is 101 Å². The Morgan fingerprint density at radius 1 is 0.857 bits per heavy atom. The molecule has 0 amide bonds. The van der Waals surface area contributed by atoms with Crippen LogP contribution in [-0.4, -0.2) is 25.8 Å². The zero-order valence-corrected chi connectivity index (χ0v) is 20.8. The quantitative estimate of drug-likeness (QED) is 0.241. The number of H-pyrrole nitrogens is 1. The van der Waals surface area contributed by atoms with Crippen LogP contribution >= 0.6 is 23.2 Å². The number of halogens is 3. The second-order valence-corrected chi connectivity index (χ2v) is 10.0. The standard InChI is InChI=1S/C27H18Cl2FN3OS/c1-35(34)20-11-7-17(8-12-20)27-32-25(16-5-9-19(30)10-6-16)26(33-27)18-13-14-31-23(15-18)24-21(28)3-2-4-22(24)29/h2-15H,1H3,(H,32,33). The van der Waals surface area contributed by atoms with Gasteiger partial charge < -0.3 is 9.54 Å². The first-order valence-electron chi connectivity index (χ1n) is 10.6. The molecule has 4 nitrogen and oxygen atoms in total. The first-order chi connectivity index (χ1) is 16.9. The molecule has 0 aliphatic rings. The van der Waals surface area contributed by atoms with Crippen molar-refractivity contribution < 1.29 is 8.94 Å². The molecule has 5 rings (SSSR count). The zero-order valence-electron chi connectivity index (χ0n) is 18.4. The molecule has 0 radical (unpaired) electrons. The molecule has 0 aliphatic carbocycles. The van der Waals surface area contributed by atoms with Gasteiger partial charge in [0.25, 0.3) is 0 Å². The minimum atomic E-state index is -1.07. The molecule has 1 atom stereocenters. The number of nitrogens with one attached hydrogen (secondary N) is 1. The van der Waals surface area contributed by atoms with Gasteiger partial charge in [0.15, 0.2) is 4.90 Å². The molecule has 8 heteroatoms. The average Bonchev–Trinajstić information content (AvgIpc) is 3.30. The summed E-state index contributed by atoms with van der Waals surface area (Å²) in [6, 6.07) is 22.6. The summed E-state index contributed by atoms with van der Waals surface area (Å²) in [6.07, 6.45) is 3.32. The third-order valence-corrected chi connectivity index (χ3v) is 7.11. The van der Waals surface area contributed by atoms with Gasteiger partial charge in [-0.25, -0.2) is 9.37 Å². The number of hydrogen-bond acceptors (Lipinski definition) is 3. The highest BCUT2D eigenvalue weighted by Crippen LogP contribution is 2.37. The highest BCUT2D eigenvalue weighted by molar-refractivity contribution is 7.90. The Labute approximate surface area is 215 Å². The molecule has 5 aromatic rings. The number of aromatic amines is 1. The smallest absolute Gasteiger partial charge is 0.152 e. The highest BCUT2D eigenvalue weighted by Gasteiger charge is 2.18. The van der Waals surface area contributed by atoms with Gasteiger partial charge in [0.05, 0.1) is 27.1 Å². The fourth-order valence-corrected chi connectivity index (χ4v) is 4.92. The van der Waals surface area contributed by atoms with Gasteiger partial charge in [-0.15, -0.1) is 0 Å². The van der Waals surface area contributed by atoms with Gasteiger partial charge in [0, 0.05) is 28.5 Å². The summed E-state index contributed by atoms with van der Waals surface area (Å²) in [6.45, 7) is 0. The molecular weight excluding hydrogens is 504 g/mol. The monoisotopic (exact) mass is 521 g/mol. The van der Waals surface area contributed by atoms with Crippen molar-refractivity contribution in [1.82, 2.24) is 15.0 Å². The number of hydrogen-bond donors (Lipinski definition) is 1. The molecule has 174 valence electrons. The number of pyridine rings is 1. The number of nitrogens with zero attached hydrogens (tertiary/aromatic N) is 2. The molecule has 0 saturated heterocycles. The van der Waals surface area contributed by atoms with Crippen LogP contribution < -0.4 is 0 Å². The van der Waals surface area contributed by atoms with E-state index in [1.165, 1.54) is 12.1 Å². The molecule has 0 spiro atoms. The van der Waals surface area contributed by atoms with E-state index in [-0.39, 0.29) is 5.82 Å². The topological polar surface area (TPSA) is 64.6 Å². The van der Waals surface area contributed by atoms with Gasteiger partial charge in [-0.2, -0.15) is 0 Å². The molecular formula is C27H18Cl2FN3OS. The summed E-state index contributed by atoms with van der Waals surface area (Å²) >= 11 is 11.8. The second-order valence-electron chi connectivity index (χ2n) is 7.82. The van der Waals surface area contributed by atoms with Gasteiger partial charge >= 0.3 is 0 Å². The maximum absolute atomic E-state index is 13.6. The van der Waals surface area contributed by atoms with E-state index >= 15 is 0 Å². The molecule has 0 aliphatic heterocycles. The highest BCUT2D eigenvalue weighted by atomic mass is 35.5. The third kappa shape index (κ3) is 4.83. The number of imidazole rings is 1. The normalized spacial score (nSPS) is 12.0. The first kappa shape index (κ1) is 23.6. The van der Waals surface area contributed by atoms with Crippen LogP contribution in [0.15, 0.2) is 90.0 Å². The SMILES string of the molecule is C[S+]([O-])c1ccc(-c2nc(-c3ccc(F)cc3)c(-c3ccnc(-c4c(Cl)cccc4Cl)c3)[nH]2)cc1. The molecule has 1 unspecified atom stereocenters. The molecule has 35 heavy (non-hydrogen) atoms. The minimum Gasteiger partial charge on any atom is -0.612 e. The van der Waals surface area contributed by atoms with Crippen LogP contribution in [0.4, 0.5) is 4.39 Å². The van der Waals surface area contributed by atoms with E-state index in [4.69, 9.17) is 28.2 Å². The predicted octanol–water partition coefficient (Wildman–Crippen LogP) is 7.66. The summed E-state index contributed by atoms with van der Waals surface area (Å²) in [5, 5.41) is 0.999. The van der Waals surface area contributed by atoms with Gasteiger partial charge in [-0.3, -0.25) is 4.98 Å². The lowest BCUT2D eigenvalue weighted by molar-refractivity contribution is 0.601. The molecule has 0 fully saturated rings. The van der Waals surface area contributed by atoms with Crippen LogP contribution in [0.5, 0.6) is 0 Å². The van der Waals surface area contributed by atoms with Crippen molar-refractivity contribution in [3.8, 4) is 45.2 Å². The molecule has 0 saturated carbocycles. The predicted molar refractivity (Wildman–Crippen MR) is 140 cm³/mol. The van der Waals surface area contributed by atoms with Gasteiger partial charge in [-0.05, 0) is 84.0 Å². The molecule has 2 heterocycles. The maximum atomic E-state index is 13.6. The van der Waals surface area contributed by atoms with Crippen LogP contribution in [0.3, 0.4) is 0 Å². The fourth-order valence-electron chi connectivity index (χ4n) is 3.81. The van der Waals surface area contributed by atoms with Gasteiger partial charge in [0.1, 0.15) is 17.9 Å². The molecule has 0 bridgehead atoms. The minimum absolute atomic E-state index is 0.325. The van der Waals surface area contributed by atoms with E-state index in [9.17, 15) is 8.94 Å². The van der Waals surface area contributed by atoms with Crippen LogP contribution in [0.1, 0.15) is 0 Å². The maximum Gasteiger partial charge on any atom is 0.152 e. The molecule has 3 aromatic carbocycles. The third-order valence-electron chi connectivity index (χ3n) is 5.55. The Bertz CT molecular complexity index is 1480. The largest absolute Gasteiger partial charge is 0.612 e. The fraction of sp³-hybridized carbons (Fsp3) is 0.0370. The summed E-state index contributed by atoms with van der Waals surface area (Å²) < 4.78 is 25.4. The van der Waals surface area contributed by atoms with Gasteiger partial charge in [0.2, 0.25) is 0 Å². The van der Waals surface area contributed by atoms with E-state index in [0.717, 1.165) is 27.3 Å². The van der Waals surface area contributed by atoms with Crippen molar-refractivity contribution in [2.24, 2.45) is 0 Å². The lowest BCUT2D eigenvalue weighted by atomic mass is 10.0. The second kappa shape index (κ2) is 9.84. The molecule has 2 aromatic heterocycles. The number of rotatable bonds is 5. The summed E-state index contributed by atoms with van der Waals surface area (Å²) in [7, 11) is 0. The van der Waals surface area contributed by atoms with Crippen LogP contribution in [0.25, 0.3) is 45.2 Å². The van der Waals surface area contributed by atoms with Gasteiger partial charge in [-0.1, -0.05) is 29.3 Å². The van der Waals surface area contributed by atoms with E-state index in [1.807, 2.05) is 36.4 Å². The molecule has 1 N–H and O–H groups in total. The van der Waals surface area contributed by atoms with Crippen molar-refractivity contribution in [2.75, 3.05) is 6.26 Å². The number of benzene rings is 3. The average molecular weight is 522 g/mol. The summed E-state index contributed by atoms with van der Waals surface area (Å²) in [5.41, 5.74) is 5.06. The van der Waals surface area contributed by atoms with E-state index in [2.05, 4.69) is 9.97 Å². The Kier molecular flexibility index (Phi) is 6.62. The Hall–Kier alpha value is -3.16. The first-order valence-corrected chi connectivity index (χ1v) is 12.9. The van der Waals surface area contributed by atoms with Crippen LogP contribution in [-0.2, 0) is 11.2 Å². The van der Waals surface area contributed by atoms with Crippen molar-refractivity contribution in [1.29, 1.82) is 0 Å². The van der Waals surface area contributed by atoms with E-state index < -0.39 is 11.2 Å². The number of aromatic nitrogens is 3. The zero-order chi connectivity index (χ0) is 24.5. The summed E-state index contributed by atoms with van der Waals surface area (Å²) in [4.78, 5) is 13.5. The van der Waals surface area contributed by atoms with Crippen molar-refractivity contribution in [3.63, 3.8) is 0 Å². The Morgan fingerprint density at radius 3 is 2.17 bits per heavy atom.